The van der Waals surface area contributed by atoms with Crippen molar-refractivity contribution in [1.29, 1.82) is 0 Å². The highest BCUT2D eigenvalue weighted by atomic mass is 16.5. The lowest BCUT2D eigenvalue weighted by atomic mass is 10.1. The molecular weight excluding hydrogens is 180 g/mol. The highest BCUT2D eigenvalue weighted by Gasteiger charge is 2.23. The summed E-state index contributed by atoms with van der Waals surface area (Å²) in [6.45, 7) is 2.53. The Hall–Kier alpha value is -0.610. The molecule has 0 saturated carbocycles. The first-order valence-corrected chi connectivity index (χ1v) is 5.49. The molecule has 2 aliphatic rings. The minimum atomic E-state index is 0.00736. The molecule has 14 heavy (non-hydrogen) atoms. The molecule has 80 valence electrons. The van der Waals surface area contributed by atoms with Gasteiger partial charge in [0.05, 0.1) is 12.1 Å². The molecule has 0 aromatic rings. The normalized spacial score (nSPS) is 33.0. The largest absolute Gasteiger partial charge is 0.377 e. The van der Waals surface area contributed by atoms with Gasteiger partial charge >= 0.3 is 0 Å². The van der Waals surface area contributed by atoms with Crippen molar-refractivity contribution in [3.05, 3.63) is 0 Å². The lowest BCUT2D eigenvalue weighted by molar-refractivity contribution is -0.124. The number of hydrogen-bond donors (Lipinski definition) is 2. The molecule has 4 heteroatoms. The molecule has 2 fully saturated rings. The maximum absolute atomic E-state index is 11.4. The van der Waals surface area contributed by atoms with Crippen LogP contribution in [0.15, 0.2) is 0 Å². The molecule has 2 atom stereocenters. The third kappa shape index (κ3) is 2.45. The van der Waals surface area contributed by atoms with Crippen LogP contribution in [-0.2, 0) is 9.53 Å². The van der Waals surface area contributed by atoms with Crippen molar-refractivity contribution in [2.24, 2.45) is 0 Å². The highest BCUT2D eigenvalue weighted by molar-refractivity contribution is 5.82. The molecule has 0 spiro atoms. The lowest BCUT2D eigenvalue weighted by Gasteiger charge is -2.24. The Balaban J connectivity index is 1.70. The Kier molecular flexibility index (Phi) is 3.37. The Bertz CT molecular complexity index is 202. The Morgan fingerprint density at radius 2 is 2.36 bits per heavy atom. The van der Waals surface area contributed by atoms with E-state index in [1.165, 1.54) is 0 Å². The summed E-state index contributed by atoms with van der Waals surface area (Å²) in [5.74, 6) is 0.147. The molecule has 0 aromatic carbocycles. The topological polar surface area (TPSA) is 50.4 Å². The van der Waals surface area contributed by atoms with Gasteiger partial charge in [-0.25, -0.2) is 0 Å². The second-order valence-corrected chi connectivity index (χ2v) is 4.03. The van der Waals surface area contributed by atoms with Gasteiger partial charge in [0.25, 0.3) is 0 Å². The van der Waals surface area contributed by atoms with Crippen LogP contribution >= 0.6 is 0 Å². The first kappa shape index (κ1) is 9.93. The van der Waals surface area contributed by atoms with Crippen LogP contribution in [0.1, 0.15) is 25.7 Å². The molecule has 0 bridgehead atoms. The Morgan fingerprint density at radius 3 is 3.07 bits per heavy atom. The van der Waals surface area contributed by atoms with Crippen molar-refractivity contribution in [3.63, 3.8) is 0 Å². The van der Waals surface area contributed by atoms with Crippen molar-refractivity contribution >= 4 is 5.91 Å². The van der Waals surface area contributed by atoms with Crippen LogP contribution in [0.25, 0.3) is 0 Å². The zero-order valence-corrected chi connectivity index (χ0v) is 8.42. The average molecular weight is 198 g/mol. The number of nitrogens with one attached hydrogen (secondary N) is 2. The first-order chi connectivity index (χ1) is 6.86. The van der Waals surface area contributed by atoms with Crippen LogP contribution in [0.3, 0.4) is 0 Å². The predicted octanol–water partition coefficient (Wildman–Crippen LogP) is 0.0336. The molecule has 2 rings (SSSR count). The molecular formula is C10H18N2O2. The van der Waals surface area contributed by atoms with Gasteiger partial charge in [0, 0.05) is 19.7 Å². The minimum absolute atomic E-state index is 0.00736. The SMILES string of the molecule is O=C1NCCC[C@@H]1NC[C@H]1CCCO1. The van der Waals surface area contributed by atoms with Gasteiger partial charge in [-0.05, 0) is 25.7 Å². The summed E-state index contributed by atoms with van der Waals surface area (Å²) >= 11 is 0. The summed E-state index contributed by atoms with van der Waals surface area (Å²) < 4.78 is 5.49. The van der Waals surface area contributed by atoms with E-state index in [-0.39, 0.29) is 11.9 Å². The molecule has 0 aromatic heterocycles. The van der Waals surface area contributed by atoms with E-state index in [9.17, 15) is 4.79 Å². The minimum Gasteiger partial charge on any atom is -0.377 e. The average Bonchev–Trinajstić information content (AvgIpc) is 2.69. The van der Waals surface area contributed by atoms with Gasteiger partial charge in [-0.3, -0.25) is 4.79 Å². The Labute approximate surface area is 84.4 Å². The van der Waals surface area contributed by atoms with Gasteiger partial charge in [0.1, 0.15) is 0 Å². The quantitative estimate of drug-likeness (QED) is 0.673. The maximum atomic E-state index is 11.4. The van der Waals surface area contributed by atoms with Crippen molar-refractivity contribution in [2.75, 3.05) is 19.7 Å². The van der Waals surface area contributed by atoms with E-state index in [1.807, 2.05) is 0 Å². The van der Waals surface area contributed by atoms with Crippen LogP contribution < -0.4 is 10.6 Å². The third-order valence-corrected chi connectivity index (χ3v) is 2.90. The molecule has 0 unspecified atom stereocenters. The fraction of sp³-hybridized carbons (Fsp3) is 0.900. The number of hydrogen-bond acceptors (Lipinski definition) is 3. The van der Waals surface area contributed by atoms with Gasteiger partial charge in [0.15, 0.2) is 0 Å². The lowest BCUT2D eigenvalue weighted by Crippen LogP contribution is -2.49. The summed E-state index contributed by atoms with van der Waals surface area (Å²) in [5.41, 5.74) is 0. The number of rotatable bonds is 3. The van der Waals surface area contributed by atoms with E-state index >= 15 is 0 Å². The van der Waals surface area contributed by atoms with Crippen LogP contribution in [0.2, 0.25) is 0 Å². The molecule has 2 saturated heterocycles. The molecule has 2 heterocycles. The fourth-order valence-electron chi connectivity index (χ4n) is 2.05. The molecule has 0 radical (unpaired) electrons. The number of ether oxygens (including phenoxy) is 1. The van der Waals surface area contributed by atoms with Crippen molar-refractivity contribution in [3.8, 4) is 0 Å². The number of carbonyl (C=O) groups excluding carboxylic acids is 1. The summed E-state index contributed by atoms with van der Waals surface area (Å²) in [6, 6.07) is 0.00736. The highest BCUT2D eigenvalue weighted by Crippen LogP contribution is 2.11. The Morgan fingerprint density at radius 1 is 1.43 bits per heavy atom. The second-order valence-electron chi connectivity index (χ2n) is 4.03. The van der Waals surface area contributed by atoms with Crippen molar-refractivity contribution < 1.29 is 9.53 Å². The number of carbonyl (C=O) groups is 1. The fourth-order valence-corrected chi connectivity index (χ4v) is 2.05. The standard InChI is InChI=1S/C10H18N2O2/c13-10-9(4-1-5-11-10)12-7-8-3-2-6-14-8/h8-9,12H,1-7H2,(H,11,13)/t8-,9+/m1/s1. The molecule has 0 aliphatic carbocycles. The molecule has 1 amide bonds. The van der Waals surface area contributed by atoms with E-state index in [0.29, 0.717) is 6.10 Å². The summed E-state index contributed by atoms with van der Waals surface area (Å²) in [7, 11) is 0. The van der Waals surface area contributed by atoms with Crippen LogP contribution in [0, 0.1) is 0 Å². The van der Waals surface area contributed by atoms with E-state index in [0.717, 1.165) is 45.4 Å². The van der Waals surface area contributed by atoms with E-state index in [2.05, 4.69) is 10.6 Å². The van der Waals surface area contributed by atoms with Crippen LogP contribution in [0.5, 0.6) is 0 Å². The predicted molar refractivity (Wildman–Crippen MR) is 53.0 cm³/mol. The molecule has 2 N–H and O–H groups in total. The maximum Gasteiger partial charge on any atom is 0.237 e. The van der Waals surface area contributed by atoms with E-state index < -0.39 is 0 Å². The molecule has 2 aliphatic heterocycles. The smallest absolute Gasteiger partial charge is 0.237 e. The monoisotopic (exact) mass is 198 g/mol. The van der Waals surface area contributed by atoms with E-state index in [4.69, 9.17) is 4.74 Å². The zero-order chi connectivity index (χ0) is 9.80. The van der Waals surface area contributed by atoms with Crippen molar-refractivity contribution in [2.45, 2.75) is 37.8 Å². The number of piperidine rings is 1. The van der Waals surface area contributed by atoms with Gasteiger partial charge in [-0.2, -0.15) is 0 Å². The van der Waals surface area contributed by atoms with Gasteiger partial charge in [-0.1, -0.05) is 0 Å². The van der Waals surface area contributed by atoms with Gasteiger partial charge in [-0.15, -0.1) is 0 Å². The summed E-state index contributed by atoms with van der Waals surface area (Å²) in [5, 5.41) is 6.14. The zero-order valence-electron chi connectivity index (χ0n) is 8.42. The molecule has 4 nitrogen and oxygen atoms in total. The van der Waals surface area contributed by atoms with Gasteiger partial charge in [0.2, 0.25) is 5.91 Å². The third-order valence-electron chi connectivity index (χ3n) is 2.90. The van der Waals surface area contributed by atoms with Gasteiger partial charge < -0.3 is 15.4 Å². The van der Waals surface area contributed by atoms with Crippen LogP contribution in [0.4, 0.5) is 0 Å². The van der Waals surface area contributed by atoms with Crippen molar-refractivity contribution in [1.82, 2.24) is 10.6 Å². The summed E-state index contributed by atoms with van der Waals surface area (Å²) in [4.78, 5) is 11.4. The van der Waals surface area contributed by atoms with Crippen LogP contribution in [-0.4, -0.2) is 37.7 Å². The first-order valence-electron chi connectivity index (χ1n) is 5.49. The number of amides is 1. The second kappa shape index (κ2) is 4.75. The van der Waals surface area contributed by atoms with E-state index in [1.54, 1.807) is 0 Å². The summed E-state index contributed by atoms with van der Waals surface area (Å²) in [6.07, 6.45) is 4.64.